The van der Waals surface area contributed by atoms with Crippen LogP contribution in [0.3, 0.4) is 0 Å². The zero-order valence-corrected chi connectivity index (χ0v) is 18.2. The maximum atomic E-state index is 13.0. The highest BCUT2D eigenvalue weighted by atomic mass is 19.4. The molecule has 0 atom stereocenters. The normalized spacial score (nSPS) is 11.1. The molecule has 0 aliphatic carbocycles. The molecule has 3 heterocycles. The van der Waals surface area contributed by atoms with Crippen LogP contribution in [-0.2, 0) is 11.3 Å². The first kappa shape index (κ1) is 25.4. The Morgan fingerprint density at radius 2 is 1.86 bits per heavy atom. The van der Waals surface area contributed by atoms with Gasteiger partial charge in [-0.1, -0.05) is 11.8 Å². The monoisotopic (exact) mass is 496 g/mol. The average Bonchev–Trinajstić information content (AvgIpc) is 3.10. The number of rotatable bonds is 5. The summed E-state index contributed by atoms with van der Waals surface area (Å²) in [7, 11) is 3.59. The van der Waals surface area contributed by atoms with E-state index in [0.29, 0.717) is 20.5 Å². The van der Waals surface area contributed by atoms with E-state index in [2.05, 4.69) is 26.7 Å². The van der Waals surface area contributed by atoms with Crippen LogP contribution in [0, 0.1) is 11.8 Å². The van der Waals surface area contributed by atoms with Gasteiger partial charge in [0, 0.05) is 49.6 Å². The fourth-order valence-corrected chi connectivity index (χ4v) is 2.76. The molecule has 0 bridgehead atoms. The molecule has 0 aliphatic heterocycles. The Morgan fingerprint density at radius 1 is 1.17 bits per heavy atom. The molecule has 9 nitrogen and oxygen atoms in total. The number of hydrogen-bond acceptors (Lipinski definition) is 7. The molecule has 0 aliphatic rings. The predicted molar refractivity (Wildman–Crippen MR) is 114 cm³/mol. The van der Waals surface area contributed by atoms with Crippen LogP contribution in [0.4, 0.5) is 27.8 Å². The standard InChI is InChI=1S/C21H17F5N6O3/c1-30(2)15-6-5-12(10-28-15)3-4-13-7-16-29-31(11-14(9-27)18(22)23)20(34)32(16)17(8-13)35-19(33)21(24,25)26/h5-8,10H,9,11,27H2,1-2H3. The summed E-state index contributed by atoms with van der Waals surface area (Å²) >= 11 is 0. The van der Waals surface area contributed by atoms with Crippen LogP contribution in [-0.4, -0.2) is 52.0 Å². The Kier molecular flexibility index (Phi) is 7.20. The van der Waals surface area contributed by atoms with Crippen LogP contribution in [0.25, 0.3) is 5.65 Å². The van der Waals surface area contributed by atoms with Gasteiger partial charge >= 0.3 is 17.8 Å². The van der Waals surface area contributed by atoms with E-state index in [1.807, 2.05) is 0 Å². The van der Waals surface area contributed by atoms with Crippen molar-refractivity contribution in [3.8, 4) is 17.7 Å². The van der Waals surface area contributed by atoms with E-state index in [9.17, 15) is 31.5 Å². The summed E-state index contributed by atoms with van der Waals surface area (Å²) < 4.78 is 69.8. The number of aromatic nitrogens is 4. The van der Waals surface area contributed by atoms with E-state index in [0.717, 1.165) is 6.07 Å². The third kappa shape index (κ3) is 5.82. The predicted octanol–water partition coefficient (Wildman–Crippen LogP) is 1.93. The number of pyridine rings is 2. The molecular weight excluding hydrogens is 479 g/mol. The molecule has 2 N–H and O–H groups in total. The molecule has 0 aromatic carbocycles. The lowest BCUT2D eigenvalue weighted by atomic mass is 10.2. The van der Waals surface area contributed by atoms with Gasteiger partial charge in [0.1, 0.15) is 5.82 Å². The van der Waals surface area contributed by atoms with Crippen molar-refractivity contribution >= 4 is 17.4 Å². The van der Waals surface area contributed by atoms with E-state index in [4.69, 9.17) is 5.73 Å². The average molecular weight is 496 g/mol. The number of anilines is 1. The molecule has 0 radical (unpaired) electrons. The summed E-state index contributed by atoms with van der Waals surface area (Å²) in [4.78, 5) is 30.0. The highest BCUT2D eigenvalue weighted by molar-refractivity contribution is 5.78. The van der Waals surface area contributed by atoms with Crippen molar-refractivity contribution in [3.05, 3.63) is 63.7 Å². The van der Waals surface area contributed by atoms with Crippen LogP contribution in [0.5, 0.6) is 5.88 Å². The molecule has 0 spiro atoms. The lowest BCUT2D eigenvalue weighted by molar-refractivity contribution is -0.190. The van der Waals surface area contributed by atoms with Crippen LogP contribution < -0.4 is 21.1 Å². The first-order valence-electron chi connectivity index (χ1n) is 9.71. The van der Waals surface area contributed by atoms with Gasteiger partial charge in [0.15, 0.2) is 5.65 Å². The summed E-state index contributed by atoms with van der Waals surface area (Å²) in [6, 6.07) is 5.49. The van der Waals surface area contributed by atoms with Gasteiger partial charge in [0.25, 0.3) is 6.08 Å². The molecule has 0 unspecified atom stereocenters. The van der Waals surface area contributed by atoms with Crippen LogP contribution in [0.15, 0.2) is 46.9 Å². The van der Waals surface area contributed by atoms with E-state index < -0.39 is 48.5 Å². The molecule has 0 fully saturated rings. The highest BCUT2D eigenvalue weighted by Gasteiger charge is 2.42. The third-order valence-corrected chi connectivity index (χ3v) is 4.49. The van der Waals surface area contributed by atoms with Gasteiger partial charge in [0.05, 0.1) is 6.54 Å². The zero-order chi connectivity index (χ0) is 25.9. The van der Waals surface area contributed by atoms with Crippen molar-refractivity contribution in [1.82, 2.24) is 19.2 Å². The minimum atomic E-state index is -5.36. The number of alkyl halides is 3. The van der Waals surface area contributed by atoms with Crippen molar-refractivity contribution in [2.24, 2.45) is 5.73 Å². The molecule has 0 amide bonds. The molecule has 35 heavy (non-hydrogen) atoms. The van der Waals surface area contributed by atoms with Crippen LogP contribution >= 0.6 is 0 Å². The number of halogens is 5. The summed E-state index contributed by atoms with van der Waals surface area (Å²) in [5, 5.41) is 3.85. The second-order valence-corrected chi connectivity index (χ2v) is 7.22. The number of carbonyl (C=O) groups excluding carboxylic acids is 1. The van der Waals surface area contributed by atoms with Crippen molar-refractivity contribution in [3.63, 3.8) is 0 Å². The first-order chi connectivity index (χ1) is 16.4. The van der Waals surface area contributed by atoms with E-state index in [-0.39, 0.29) is 11.2 Å². The lowest BCUT2D eigenvalue weighted by Gasteiger charge is -2.09. The minimum absolute atomic E-state index is 0.0302. The van der Waals surface area contributed by atoms with E-state index >= 15 is 0 Å². The Balaban J connectivity index is 2.11. The van der Waals surface area contributed by atoms with Crippen molar-refractivity contribution in [2.45, 2.75) is 12.7 Å². The number of esters is 1. The Hall–Kier alpha value is -4.25. The summed E-state index contributed by atoms with van der Waals surface area (Å²) in [5.41, 5.74) is 3.71. The summed E-state index contributed by atoms with van der Waals surface area (Å²) in [6.45, 7) is -1.31. The number of hydrogen-bond donors (Lipinski definition) is 1. The van der Waals surface area contributed by atoms with Gasteiger partial charge in [-0.2, -0.15) is 22.0 Å². The minimum Gasteiger partial charge on any atom is -0.402 e. The second-order valence-electron chi connectivity index (χ2n) is 7.22. The van der Waals surface area contributed by atoms with Crippen LogP contribution in [0.1, 0.15) is 11.1 Å². The SMILES string of the molecule is CN(C)c1ccc(C#Cc2cc(OC(=O)C(F)(F)F)n3c(=O)n(CC(CN)=C(F)F)nc3c2)cn1. The number of ether oxygens (including phenoxy) is 1. The number of carbonyl (C=O) groups is 1. The number of fused-ring (bicyclic) bond motifs is 1. The molecule has 3 aromatic heterocycles. The Labute approximate surface area is 194 Å². The fourth-order valence-electron chi connectivity index (χ4n) is 2.76. The number of nitrogens with two attached hydrogens (primary N) is 1. The van der Waals surface area contributed by atoms with Crippen LogP contribution in [0.2, 0.25) is 0 Å². The van der Waals surface area contributed by atoms with Gasteiger partial charge in [-0.3, -0.25) is 0 Å². The lowest BCUT2D eigenvalue weighted by Crippen LogP contribution is -2.30. The van der Waals surface area contributed by atoms with Gasteiger partial charge in [-0.25, -0.2) is 23.7 Å². The van der Waals surface area contributed by atoms with Gasteiger partial charge in [-0.05, 0) is 18.2 Å². The molecule has 3 rings (SSSR count). The van der Waals surface area contributed by atoms with Crippen molar-refractivity contribution in [1.29, 1.82) is 0 Å². The van der Waals surface area contributed by atoms with Gasteiger partial charge in [0.2, 0.25) is 5.88 Å². The van der Waals surface area contributed by atoms with Crippen molar-refractivity contribution in [2.75, 3.05) is 25.5 Å². The second kappa shape index (κ2) is 9.94. The number of nitrogens with zero attached hydrogens (tertiary/aromatic N) is 5. The fraction of sp³-hybridized carbons (Fsp3) is 0.238. The summed E-state index contributed by atoms with van der Waals surface area (Å²) in [6.07, 6.45) is -6.02. The Bertz CT molecular complexity index is 1410. The smallest absolute Gasteiger partial charge is 0.402 e. The van der Waals surface area contributed by atoms with Gasteiger partial charge < -0.3 is 15.4 Å². The largest absolute Gasteiger partial charge is 0.491 e. The molecule has 0 saturated carbocycles. The van der Waals surface area contributed by atoms with Gasteiger partial charge in [-0.15, -0.1) is 5.10 Å². The third-order valence-electron chi connectivity index (χ3n) is 4.49. The first-order valence-corrected chi connectivity index (χ1v) is 9.71. The van der Waals surface area contributed by atoms with Crippen molar-refractivity contribution < 1.29 is 31.5 Å². The maximum Gasteiger partial charge on any atom is 0.491 e. The molecule has 3 aromatic rings. The highest BCUT2D eigenvalue weighted by Crippen LogP contribution is 2.22. The quantitative estimate of drug-likeness (QED) is 0.327. The van der Waals surface area contributed by atoms with E-state index in [1.54, 1.807) is 31.1 Å². The Morgan fingerprint density at radius 3 is 2.40 bits per heavy atom. The molecule has 184 valence electrons. The molecule has 0 saturated heterocycles. The van der Waals surface area contributed by atoms with E-state index in [1.165, 1.54) is 12.3 Å². The molecule has 14 heteroatoms. The topological polar surface area (TPSA) is 108 Å². The summed E-state index contributed by atoms with van der Waals surface area (Å²) in [5.74, 6) is 2.63. The molecular formula is C21H17F5N6O3. The zero-order valence-electron chi connectivity index (χ0n) is 18.2. The maximum absolute atomic E-state index is 13.0.